The van der Waals surface area contributed by atoms with Gasteiger partial charge in [-0.05, 0) is 74.0 Å². The minimum absolute atomic E-state index is 0.567. The maximum Gasteiger partial charge on any atom is -0.00246 e. The van der Waals surface area contributed by atoms with Crippen LogP contribution in [0, 0.1) is 29.1 Å². The molecule has 106 valence electrons. The van der Waals surface area contributed by atoms with Crippen molar-refractivity contribution in [1.82, 2.24) is 0 Å². The summed E-state index contributed by atoms with van der Waals surface area (Å²) in [6, 6.07) is 0. The van der Waals surface area contributed by atoms with Crippen LogP contribution in [-0.2, 0) is 0 Å². The molecule has 3 aliphatic carbocycles. The van der Waals surface area contributed by atoms with Crippen LogP contribution in [0.4, 0.5) is 0 Å². The molecule has 0 heterocycles. The van der Waals surface area contributed by atoms with Crippen molar-refractivity contribution >= 4 is 0 Å². The van der Waals surface area contributed by atoms with E-state index >= 15 is 0 Å². The average molecular weight is 258 g/mol. The Kier molecular flexibility index (Phi) is 3.39. The van der Waals surface area contributed by atoms with Gasteiger partial charge in [0.25, 0.3) is 0 Å². The van der Waals surface area contributed by atoms with Gasteiger partial charge in [0.05, 0.1) is 0 Å². The Hall–Kier alpha value is -0.520. The van der Waals surface area contributed by atoms with Crippen LogP contribution in [-0.4, -0.2) is 0 Å². The van der Waals surface area contributed by atoms with Crippen molar-refractivity contribution in [2.75, 3.05) is 0 Å². The van der Waals surface area contributed by atoms with Crippen molar-refractivity contribution in [2.45, 2.75) is 65.7 Å². The Labute approximate surface area is 119 Å². The van der Waals surface area contributed by atoms with Crippen LogP contribution >= 0.6 is 0 Å². The summed E-state index contributed by atoms with van der Waals surface area (Å²) in [6.07, 6.45) is 12.3. The molecule has 3 saturated carbocycles. The zero-order chi connectivity index (χ0) is 13.6. The molecule has 0 bridgehead atoms. The van der Waals surface area contributed by atoms with E-state index in [9.17, 15) is 0 Å². The van der Waals surface area contributed by atoms with Crippen LogP contribution in [0.25, 0.3) is 0 Å². The first-order valence-electron chi connectivity index (χ1n) is 8.42. The molecule has 0 heteroatoms. The monoisotopic (exact) mass is 258 g/mol. The van der Waals surface area contributed by atoms with Crippen molar-refractivity contribution in [1.29, 1.82) is 0 Å². The SMILES string of the molecule is C=C1CCC2CC12C/C=C1\CCCC(C(C)C)C1C. The van der Waals surface area contributed by atoms with Crippen LogP contribution in [0.5, 0.6) is 0 Å². The molecule has 3 fully saturated rings. The second-order valence-corrected chi connectivity index (χ2v) is 7.77. The van der Waals surface area contributed by atoms with Crippen molar-refractivity contribution in [3.05, 3.63) is 23.8 Å². The second-order valence-electron chi connectivity index (χ2n) is 7.77. The summed E-state index contributed by atoms with van der Waals surface area (Å²) >= 11 is 0. The molecule has 0 amide bonds. The Morgan fingerprint density at radius 1 is 1.32 bits per heavy atom. The third kappa shape index (κ3) is 2.22. The van der Waals surface area contributed by atoms with E-state index in [1.165, 1.54) is 44.9 Å². The highest BCUT2D eigenvalue weighted by molar-refractivity contribution is 5.30. The summed E-state index contributed by atoms with van der Waals surface area (Å²) in [5, 5.41) is 0. The number of hydrogen-bond donors (Lipinski definition) is 0. The van der Waals surface area contributed by atoms with Crippen molar-refractivity contribution in [3.63, 3.8) is 0 Å². The lowest BCUT2D eigenvalue weighted by Gasteiger charge is -2.34. The minimum atomic E-state index is 0.567. The van der Waals surface area contributed by atoms with E-state index in [2.05, 4.69) is 33.4 Å². The lowest BCUT2D eigenvalue weighted by Crippen LogP contribution is -2.24. The first-order valence-corrected chi connectivity index (χ1v) is 8.42. The van der Waals surface area contributed by atoms with Crippen LogP contribution in [0.2, 0.25) is 0 Å². The summed E-state index contributed by atoms with van der Waals surface area (Å²) in [5.74, 6) is 3.57. The van der Waals surface area contributed by atoms with E-state index in [4.69, 9.17) is 0 Å². The Balaban J connectivity index is 1.68. The summed E-state index contributed by atoms with van der Waals surface area (Å²) in [6.45, 7) is 11.6. The normalized spacial score (nSPS) is 43.9. The van der Waals surface area contributed by atoms with Gasteiger partial charge in [-0.3, -0.25) is 0 Å². The molecule has 0 aromatic carbocycles. The minimum Gasteiger partial charge on any atom is -0.0993 e. The Morgan fingerprint density at radius 2 is 2.11 bits per heavy atom. The summed E-state index contributed by atoms with van der Waals surface area (Å²) in [4.78, 5) is 0. The first kappa shape index (κ1) is 13.5. The molecule has 19 heavy (non-hydrogen) atoms. The first-order chi connectivity index (χ1) is 9.04. The van der Waals surface area contributed by atoms with Gasteiger partial charge in [-0.1, -0.05) is 44.6 Å². The fourth-order valence-electron chi connectivity index (χ4n) is 4.99. The highest BCUT2D eigenvalue weighted by Crippen LogP contribution is 2.68. The van der Waals surface area contributed by atoms with Gasteiger partial charge in [0.1, 0.15) is 0 Å². The smallest absolute Gasteiger partial charge is 0.00246 e. The predicted octanol–water partition coefficient (Wildman–Crippen LogP) is 5.75. The van der Waals surface area contributed by atoms with E-state index < -0.39 is 0 Å². The molecule has 3 rings (SSSR count). The van der Waals surface area contributed by atoms with Gasteiger partial charge < -0.3 is 0 Å². The Bertz CT molecular complexity index is 400. The number of hydrogen-bond acceptors (Lipinski definition) is 0. The standard InChI is InChI=1S/C19H30/c1-13(2)18-7-5-6-16(15(18)4)10-11-19-12-17(19)9-8-14(19)3/h10,13,15,17-18H,3,5-9,11-12H2,1-2,4H3/b16-10+. The van der Waals surface area contributed by atoms with E-state index in [0.29, 0.717) is 5.41 Å². The molecular formula is C19H30. The Morgan fingerprint density at radius 3 is 2.68 bits per heavy atom. The lowest BCUT2D eigenvalue weighted by atomic mass is 9.71. The lowest BCUT2D eigenvalue weighted by molar-refractivity contribution is 0.244. The summed E-state index contributed by atoms with van der Waals surface area (Å²) < 4.78 is 0. The molecule has 3 aliphatic rings. The van der Waals surface area contributed by atoms with Gasteiger partial charge in [0.15, 0.2) is 0 Å². The fourth-order valence-corrected chi connectivity index (χ4v) is 4.99. The van der Waals surface area contributed by atoms with Gasteiger partial charge in [0, 0.05) is 0 Å². The third-order valence-corrected chi connectivity index (χ3v) is 6.55. The number of allylic oxidation sites excluding steroid dienone is 3. The van der Waals surface area contributed by atoms with E-state index in [1.54, 1.807) is 11.1 Å². The summed E-state index contributed by atoms with van der Waals surface area (Å²) in [5.41, 5.74) is 3.90. The molecule has 0 radical (unpaired) electrons. The van der Waals surface area contributed by atoms with E-state index in [1.807, 2.05) is 0 Å². The van der Waals surface area contributed by atoms with Crippen LogP contribution in [0.15, 0.2) is 23.8 Å². The predicted molar refractivity (Wildman–Crippen MR) is 83.0 cm³/mol. The van der Waals surface area contributed by atoms with Gasteiger partial charge in [0.2, 0.25) is 0 Å². The van der Waals surface area contributed by atoms with Crippen molar-refractivity contribution in [2.24, 2.45) is 29.1 Å². The molecule has 0 aromatic rings. The molecule has 0 aromatic heterocycles. The molecule has 0 aliphatic heterocycles. The average Bonchev–Trinajstić information content (AvgIpc) is 3.01. The maximum atomic E-state index is 4.35. The fraction of sp³-hybridized carbons (Fsp3) is 0.789. The molecule has 0 nitrogen and oxygen atoms in total. The van der Waals surface area contributed by atoms with Gasteiger partial charge >= 0.3 is 0 Å². The molecule has 0 saturated heterocycles. The number of fused-ring (bicyclic) bond motifs is 1. The van der Waals surface area contributed by atoms with Gasteiger partial charge in [-0.25, -0.2) is 0 Å². The van der Waals surface area contributed by atoms with Crippen molar-refractivity contribution < 1.29 is 0 Å². The topological polar surface area (TPSA) is 0 Å². The van der Waals surface area contributed by atoms with Crippen LogP contribution in [0.3, 0.4) is 0 Å². The van der Waals surface area contributed by atoms with Gasteiger partial charge in [-0.2, -0.15) is 0 Å². The molecule has 0 N–H and O–H groups in total. The highest BCUT2D eigenvalue weighted by Gasteiger charge is 2.58. The highest BCUT2D eigenvalue weighted by atomic mass is 14.6. The molecule has 4 unspecified atom stereocenters. The van der Waals surface area contributed by atoms with Crippen LogP contribution in [0.1, 0.15) is 65.7 Å². The van der Waals surface area contributed by atoms with E-state index in [0.717, 1.165) is 23.7 Å². The van der Waals surface area contributed by atoms with Gasteiger partial charge in [-0.15, -0.1) is 0 Å². The van der Waals surface area contributed by atoms with Crippen LogP contribution < -0.4 is 0 Å². The summed E-state index contributed by atoms with van der Waals surface area (Å²) in [7, 11) is 0. The van der Waals surface area contributed by atoms with Crippen molar-refractivity contribution in [3.8, 4) is 0 Å². The largest absolute Gasteiger partial charge is 0.0993 e. The zero-order valence-electron chi connectivity index (χ0n) is 13.0. The molecular weight excluding hydrogens is 228 g/mol. The molecule has 0 spiro atoms. The molecule has 4 atom stereocenters. The van der Waals surface area contributed by atoms with E-state index in [-0.39, 0.29) is 0 Å². The third-order valence-electron chi connectivity index (χ3n) is 6.55. The zero-order valence-corrected chi connectivity index (χ0v) is 13.0. The quantitative estimate of drug-likeness (QED) is 0.565. The maximum absolute atomic E-state index is 4.35. The second kappa shape index (κ2) is 4.79. The number of rotatable bonds is 3.